The van der Waals surface area contributed by atoms with Gasteiger partial charge < -0.3 is 0 Å². The van der Waals surface area contributed by atoms with E-state index >= 15 is 0 Å². The quantitative estimate of drug-likeness (QED) is 0.614. The molecule has 0 unspecified atom stereocenters. The summed E-state index contributed by atoms with van der Waals surface area (Å²) in [5.74, 6) is 0.881. The zero-order valence-corrected chi connectivity index (χ0v) is 10.2. The average Bonchev–Trinajstić information content (AvgIpc) is 2.54. The molecule has 1 aromatic carbocycles. The van der Waals surface area contributed by atoms with Crippen molar-refractivity contribution in [1.82, 2.24) is 0 Å². The smallest absolute Gasteiger partial charge is 0.0348 e. The minimum Gasteiger partial charge on any atom is -0.140 e. The van der Waals surface area contributed by atoms with Crippen molar-refractivity contribution in [2.45, 2.75) is 33.1 Å². The summed E-state index contributed by atoms with van der Waals surface area (Å²) in [5, 5.41) is 1.53. The molecular formula is C14H16S. The number of hydrogen-bond donors (Lipinski definition) is 0. The molecule has 0 saturated carbocycles. The highest BCUT2D eigenvalue weighted by Gasteiger charge is 2.19. The van der Waals surface area contributed by atoms with Crippen LogP contribution in [0.4, 0.5) is 0 Å². The molecule has 0 amide bonds. The lowest BCUT2D eigenvalue weighted by Crippen LogP contribution is -2.08. The maximum Gasteiger partial charge on any atom is 0.0348 e. The van der Waals surface area contributed by atoms with E-state index in [0.717, 1.165) is 5.92 Å². The van der Waals surface area contributed by atoms with E-state index in [1.165, 1.54) is 34.9 Å². The fraction of sp³-hybridized carbons (Fsp3) is 0.429. The Bertz CT molecular complexity index is 507. The van der Waals surface area contributed by atoms with Gasteiger partial charge in [-0.3, -0.25) is 0 Å². The van der Waals surface area contributed by atoms with Gasteiger partial charge in [0.15, 0.2) is 0 Å². The van der Waals surface area contributed by atoms with E-state index in [0.29, 0.717) is 0 Å². The van der Waals surface area contributed by atoms with Crippen LogP contribution in [-0.4, -0.2) is 0 Å². The minimum atomic E-state index is 0.881. The Labute approximate surface area is 94.9 Å². The van der Waals surface area contributed by atoms with Gasteiger partial charge in [-0.15, -0.1) is 11.3 Å². The van der Waals surface area contributed by atoms with Gasteiger partial charge in [0.1, 0.15) is 0 Å². The van der Waals surface area contributed by atoms with Gasteiger partial charge in [0.2, 0.25) is 0 Å². The Hall–Kier alpha value is -0.820. The molecule has 1 heterocycles. The van der Waals surface area contributed by atoms with Crippen LogP contribution < -0.4 is 0 Å². The molecule has 0 nitrogen and oxygen atoms in total. The third-order valence-electron chi connectivity index (χ3n) is 3.45. The van der Waals surface area contributed by atoms with Gasteiger partial charge in [0.05, 0.1) is 0 Å². The average molecular weight is 216 g/mol. The van der Waals surface area contributed by atoms with Gasteiger partial charge in [-0.25, -0.2) is 0 Å². The zero-order valence-electron chi connectivity index (χ0n) is 9.34. The Morgan fingerprint density at radius 3 is 3.07 bits per heavy atom. The topological polar surface area (TPSA) is 0 Å². The molecule has 0 aliphatic heterocycles. The van der Waals surface area contributed by atoms with Crippen molar-refractivity contribution in [2.24, 2.45) is 5.92 Å². The van der Waals surface area contributed by atoms with Crippen LogP contribution >= 0.6 is 11.3 Å². The molecule has 0 radical (unpaired) electrons. The monoisotopic (exact) mass is 216 g/mol. The van der Waals surface area contributed by atoms with Crippen LogP contribution in [0.15, 0.2) is 18.2 Å². The maximum absolute atomic E-state index is 2.37. The lowest BCUT2D eigenvalue weighted by atomic mass is 9.89. The highest BCUT2D eigenvalue weighted by molar-refractivity contribution is 7.19. The third-order valence-corrected chi connectivity index (χ3v) is 4.69. The first-order chi connectivity index (χ1) is 7.24. The Kier molecular flexibility index (Phi) is 2.10. The first-order valence-electron chi connectivity index (χ1n) is 5.75. The fourth-order valence-corrected chi connectivity index (χ4v) is 3.96. The van der Waals surface area contributed by atoms with E-state index in [4.69, 9.17) is 0 Å². The first-order valence-corrected chi connectivity index (χ1v) is 6.56. The molecule has 15 heavy (non-hydrogen) atoms. The first kappa shape index (κ1) is 9.41. The lowest BCUT2D eigenvalue weighted by Gasteiger charge is -2.17. The molecular weight excluding hydrogens is 200 g/mol. The molecule has 0 bridgehead atoms. The number of rotatable bonds is 0. The van der Waals surface area contributed by atoms with E-state index in [-0.39, 0.29) is 0 Å². The molecule has 1 aliphatic rings. The van der Waals surface area contributed by atoms with Gasteiger partial charge in [-0.1, -0.05) is 24.6 Å². The SMILES string of the molecule is Cc1ccc2sc3c(c2c1)CC[C@H](C)C3. The van der Waals surface area contributed by atoms with Crippen molar-refractivity contribution >= 4 is 21.4 Å². The van der Waals surface area contributed by atoms with Gasteiger partial charge in [-0.05, 0) is 49.1 Å². The van der Waals surface area contributed by atoms with E-state index in [1.807, 2.05) is 11.3 Å². The third kappa shape index (κ3) is 1.50. The van der Waals surface area contributed by atoms with Crippen LogP contribution in [0, 0.1) is 12.8 Å². The van der Waals surface area contributed by atoms with Gasteiger partial charge in [-0.2, -0.15) is 0 Å². The Morgan fingerprint density at radius 2 is 2.20 bits per heavy atom. The van der Waals surface area contributed by atoms with Crippen molar-refractivity contribution in [3.8, 4) is 0 Å². The molecule has 78 valence electrons. The molecule has 0 N–H and O–H groups in total. The van der Waals surface area contributed by atoms with Crippen LogP contribution in [-0.2, 0) is 12.8 Å². The van der Waals surface area contributed by atoms with Crippen molar-refractivity contribution in [3.63, 3.8) is 0 Å². The summed E-state index contributed by atoms with van der Waals surface area (Å²) in [5.41, 5.74) is 3.04. The van der Waals surface area contributed by atoms with Crippen LogP contribution in [0.1, 0.15) is 29.3 Å². The Morgan fingerprint density at radius 1 is 1.33 bits per heavy atom. The van der Waals surface area contributed by atoms with Gasteiger partial charge in [0, 0.05) is 9.58 Å². The molecule has 0 saturated heterocycles. The normalized spacial score (nSPS) is 20.5. The number of thiophene rings is 1. The van der Waals surface area contributed by atoms with Gasteiger partial charge in [0.25, 0.3) is 0 Å². The van der Waals surface area contributed by atoms with Gasteiger partial charge >= 0.3 is 0 Å². The maximum atomic E-state index is 2.37. The highest BCUT2D eigenvalue weighted by atomic mass is 32.1. The van der Waals surface area contributed by atoms with Crippen molar-refractivity contribution in [3.05, 3.63) is 34.2 Å². The standard InChI is InChI=1S/C14H16S/c1-9-4-6-13-12(7-9)11-5-3-10(2)8-14(11)15-13/h4,6-7,10H,3,5,8H2,1-2H3/t10-/m0/s1. The van der Waals surface area contributed by atoms with Crippen LogP contribution in [0.5, 0.6) is 0 Å². The molecule has 2 aromatic rings. The predicted molar refractivity (Wildman–Crippen MR) is 67.8 cm³/mol. The molecule has 1 atom stereocenters. The van der Waals surface area contributed by atoms with Crippen LogP contribution in [0.25, 0.3) is 10.1 Å². The molecule has 1 aliphatic carbocycles. The van der Waals surface area contributed by atoms with E-state index in [1.54, 1.807) is 10.4 Å². The summed E-state index contributed by atoms with van der Waals surface area (Å²) >= 11 is 2.01. The molecule has 0 spiro atoms. The zero-order chi connectivity index (χ0) is 10.4. The lowest BCUT2D eigenvalue weighted by molar-refractivity contribution is 0.509. The summed E-state index contributed by atoms with van der Waals surface area (Å²) in [4.78, 5) is 1.65. The second-order valence-corrected chi connectivity index (χ2v) is 5.99. The summed E-state index contributed by atoms with van der Waals surface area (Å²) < 4.78 is 1.49. The number of hydrogen-bond acceptors (Lipinski definition) is 1. The number of benzene rings is 1. The second-order valence-electron chi connectivity index (χ2n) is 4.85. The molecule has 3 rings (SSSR count). The predicted octanol–water partition coefficient (Wildman–Crippen LogP) is 4.33. The van der Waals surface area contributed by atoms with E-state index in [9.17, 15) is 0 Å². The molecule has 0 fully saturated rings. The fourth-order valence-electron chi connectivity index (χ4n) is 2.56. The largest absolute Gasteiger partial charge is 0.140 e. The van der Waals surface area contributed by atoms with Crippen LogP contribution in [0.3, 0.4) is 0 Å². The second kappa shape index (κ2) is 3.34. The minimum absolute atomic E-state index is 0.881. The van der Waals surface area contributed by atoms with E-state index < -0.39 is 0 Å². The Balaban J connectivity index is 2.24. The van der Waals surface area contributed by atoms with E-state index in [2.05, 4.69) is 32.0 Å². The summed E-state index contributed by atoms with van der Waals surface area (Å²) in [6.45, 7) is 4.56. The summed E-state index contributed by atoms with van der Waals surface area (Å²) in [7, 11) is 0. The van der Waals surface area contributed by atoms with Crippen LogP contribution in [0.2, 0.25) is 0 Å². The summed E-state index contributed by atoms with van der Waals surface area (Å²) in [6, 6.07) is 6.88. The number of fused-ring (bicyclic) bond motifs is 3. The van der Waals surface area contributed by atoms with Crippen molar-refractivity contribution in [2.75, 3.05) is 0 Å². The van der Waals surface area contributed by atoms with Crippen molar-refractivity contribution in [1.29, 1.82) is 0 Å². The molecule has 1 aromatic heterocycles. The number of aryl methyl sites for hydroxylation is 2. The van der Waals surface area contributed by atoms with Crippen molar-refractivity contribution < 1.29 is 0 Å². The summed E-state index contributed by atoms with van der Waals surface area (Å²) in [6.07, 6.45) is 3.96. The molecule has 1 heteroatoms. The highest BCUT2D eigenvalue weighted by Crippen LogP contribution is 2.38.